The highest BCUT2D eigenvalue weighted by Gasteiger charge is 2.28. The first-order chi connectivity index (χ1) is 8.33. The second kappa shape index (κ2) is 8.93. The smallest absolute Gasteiger partial charge is 0.0726 e. The van der Waals surface area contributed by atoms with Crippen LogP contribution in [0.1, 0.15) is 65.2 Å². The molecule has 0 aliphatic heterocycles. The largest absolute Gasteiger partial charge is 0.380 e. The molecule has 0 heterocycles. The molecular weight excluding hydrogens is 210 g/mol. The van der Waals surface area contributed by atoms with E-state index in [1.54, 1.807) is 0 Å². The molecule has 1 fully saturated rings. The highest BCUT2D eigenvalue weighted by molar-refractivity contribution is 4.84. The van der Waals surface area contributed by atoms with Crippen molar-refractivity contribution >= 4 is 0 Å². The van der Waals surface area contributed by atoms with E-state index < -0.39 is 0 Å². The van der Waals surface area contributed by atoms with Crippen molar-refractivity contribution in [3.8, 4) is 0 Å². The Hall–Kier alpha value is -0.0800. The number of ether oxygens (including phenoxy) is 1. The Labute approximate surface area is 108 Å². The molecule has 0 aromatic carbocycles. The third kappa shape index (κ3) is 4.97. The molecule has 0 aromatic heterocycles. The minimum absolute atomic E-state index is 0.406. The molecule has 0 spiro atoms. The Balaban J connectivity index is 2.59. The highest BCUT2D eigenvalue weighted by Crippen LogP contribution is 2.28. The van der Waals surface area contributed by atoms with E-state index in [2.05, 4.69) is 19.2 Å². The molecular formula is C15H31NO. The van der Waals surface area contributed by atoms with E-state index in [0.717, 1.165) is 12.5 Å². The van der Waals surface area contributed by atoms with Crippen molar-refractivity contribution in [2.45, 2.75) is 77.4 Å². The van der Waals surface area contributed by atoms with Crippen LogP contribution in [-0.4, -0.2) is 25.8 Å². The summed E-state index contributed by atoms with van der Waals surface area (Å²) < 4.78 is 5.74. The van der Waals surface area contributed by atoms with Crippen molar-refractivity contribution in [1.82, 2.24) is 5.32 Å². The van der Waals surface area contributed by atoms with Gasteiger partial charge in [-0.25, -0.2) is 0 Å². The Kier molecular flexibility index (Phi) is 7.87. The summed E-state index contributed by atoms with van der Waals surface area (Å²) >= 11 is 0. The molecule has 1 aliphatic rings. The molecule has 0 amide bonds. The lowest BCUT2D eigenvalue weighted by atomic mass is 9.86. The maximum Gasteiger partial charge on any atom is 0.0726 e. The summed E-state index contributed by atoms with van der Waals surface area (Å²) in [6, 6.07) is 0.572. The molecule has 0 saturated heterocycles. The van der Waals surface area contributed by atoms with Crippen LogP contribution in [0, 0.1) is 5.92 Å². The van der Waals surface area contributed by atoms with E-state index in [1.807, 2.05) is 7.11 Å². The van der Waals surface area contributed by atoms with Gasteiger partial charge in [-0.2, -0.15) is 0 Å². The summed E-state index contributed by atoms with van der Waals surface area (Å²) in [5.74, 6) is 0.828. The number of hydrogen-bond donors (Lipinski definition) is 1. The summed E-state index contributed by atoms with van der Waals surface area (Å²) in [7, 11) is 1.88. The third-order valence-corrected chi connectivity index (χ3v) is 4.12. The fraction of sp³-hybridized carbons (Fsp3) is 1.00. The van der Waals surface area contributed by atoms with Crippen molar-refractivity contribution in [3.05, 3.63) is 0 Å². The molecule has 2 unspecified atom stereocenters. The van der Waals surface area contributed by atoms with Crippen molar-refractivity contribution in [2.75, 3.05) is 13.7 Å². The molecule has 0 bridgehead atoms. The van der Waals surface area contributed by atoms with Crippen LogP contribution < -0.4 is 5.32 Å². The molecule has 1 N–H and O–H groups in total. The first-order valence-corrected chi connectivity index (χ1v) is 7.59. The van der Waals surface area contributed by atoms with Crippen LogP contribution in [0.4, 0.5) is 0 Å². The van der Waals surface area contributed by atoms with Crippen molar-refractivity contribution < 1.29 is 4.74 Å². The fourth-order valence-electron chi connectivity index (χ4n) is 3.24. The monoisotopic (exact) mass is 241 g/mol. The molecule has 0 aromatic rings. The average molecular weight is 241 g/mol. The molecule has 2 nitrogen and oxygen atoms in total. The van der Waals surface area contributed by atoms with E-state index in [9.17, 15) is 0 Å². The van der Waals surface area contributed by atoms with Crippen molar-refractivity contribution in [1.29, 1.82) is 0 Å². The second-order valence-electron chi connectivity index (χ2n) is 5.40. The van der Waals surface area contributed by atoms with E-state index in [1.165, 1.54) is 51.4 Å². The normalized spacial score (nSPS) is 22.1. The second-order valence-corrected chi connectivity index (χ2v) is 5.40. The standard InChI is InChI=1S/C15H31NO/c1-4-10-14(17-3)15(16-5-2)13-11-8-6-7-9-12-13/h13-16H,4-12H2,1-3H3. The number of hydrogen-bond acceptors (Lipinski definition) is 2. The first kappa shape index (κ1) is 15.0. The Bertz CT molecular complexity index is 176. The number of rotatable bonds is 7. The predicted octanol–water partition coefficient (Wildman–Crippen LogP) is 3.75. The molecule has 102 valence electrons. The summed E-state index contributed by atoms with van der Waals surface area (Å²) in [5, 5.41) is 3.69. The summed E-state index contributed by atoms with van der Waals surface area (Å²) in [4.78, 5) is 0. The molecule has 17 heavy (non-hydrogen) atoms. The van der Waals surface area contributed by atoms with Crippen LogP contribution in [0.3, 0.4) is 0 Å². The topological polar surface area (TPSA) is 21.3 Å². The van der Waals surface area contributed by atoms with Gasteiger partial charge in [-0.15, -0.1) is 0 Å². The maximum atomic E-state index is 5.74. The fourth-order valence-corrected chi connectivity index (χ4v) is 3.24. The zero-order valence-corrected chi connectivity index (χ0v) is 12.0. The lowest BCUT2D eigenvalue weighted by Gasteiger charge is -2.33. The van der Waals surface area contributed by atoms with Crippen LogP contribution in [-0.2, 0) is 4.74 Å². The lowest BCUT2D eigenvalue weighted by Crippen LogP contribution is -2.46. The Morgan fingerprint density at radius 3 is 2.24 bits per heavy atom. The Morgan fingerprint density at radius 1 is 1.12 bits per heavy atom. The summed E-state index contributed by atoms with van der Waals surface area (Å²) in [6.07, 6.45) is 11.3. The quantitative estimate of drug-likeness (QED) is 0.685. The third-order valence-electron chi connectivity index (χ3n) is 4.12. The van der Waals surface area contributed by atoms with Gasteiger partial charge in [0, 0.05) is 13.2 Å². The van der Waals surface area contributed by atoms with Gasteiger partial charge in [-0.3, -0.25) is 0 Å². The number of methoxy groups -OCH3 is 1. The van der Waals surface area contributed by atoms with Gasteiger partial charge in [-0.1, -0.05) is 46.0 Å². The van der Waals surface area contributed by atoms with Crippen LogP contribution in [0.15, 0.2) is 0 Å². The van der Waals surface area contributed by atoms with E-state index in [4.69, 9.17) is 4.74 Å². The molecule has 2 heteroatoms. The van der Waals surface area contributed by atoms with Gasteiger partial charge in [-0.05, 0) is 31.7 Å². The van der Waals surface area contributed by atoms with Crippen LogP contribution in [0.2, 0.25) is 0 Å². The maximum absolute atomic E-state index is 5.74. The number of nitrogens with one attached hydrogen (secondary N) is 1. The molecule has 0 radical (unpaired) electrons. The summed E-state index contributed by atoms with van der Waals surface area (Å²) in [6.45, 7) is 5.52. The first-order valence-electron chi connectivity index (χ1n) is 7.59. The van der Waals surface area contributed by atoms with Gasteiger partial charge in [0.2, 0.25) is 0 Å². The van der Waals surface area contributed by atoms with Crippen LogP contribution in [0.25, 0.3) is 0 Å². The molecule has 1 saturated carbocycles. The molecule has 1 rings (SSSR count). The van der Waals surface area contributed by atoms with Crippen molar-refractivity contribution in [3.63, 3.8) is 0 Å². The summed E-state index contributed by atoms with van der Waals surface area (Å²) in [5.41, 5.74) is 0. The minimum atomic E-state index is 0.406. The average Bonchev–Trinajstić information content (AvgIpc) is 2.62. The van der Waals surface area contributed by atoms with E-state index in [0.29, 0.717) is 12.1 Å². The van der Waals surface area contributed by atoms with Gasteiger partial charge in [0.15, 0.2) is 0 Å². The zero-order chi connectivity index (χ0) is 12.5. The highest BCUT2D eigenvalue weighted by atomic mass is 16.5. The zero-order valence-electron chi connectivity index (χ0n) is 12.0. The molecule has 1 aliphatic carbocycles. The lowest BCUT2D eigenvalue weighted by molar-refractivity contribution is 0.0379. The van der Waals surface area contributed by atoms with Crippen LogP contribution >= 0.6 is 0 Å². The van der Waals surface area contributed by atoms with Gasteiger partial charge in [0.05, 0.1) is 6.10 Å². The van der Waals surface area contributed by atoms with E-state index >= 15 is 0 Å². The predicted molar refractivity (Wildman–Crippen MR) is 74.4 cm³/mol. The Morgan fingerprint density at radius 2 is 1.76 bits per heavy atom. The van der Waals surface area contributed by atoms with Gasteiger partial charge in [0.25, 0.3) is 0 Å². The molecule has 2 atom stereocenters. The van der Waals surface area contributed by atoms with Gasteiger partial charge >= 0.3 is 0 Å². The number of likely N-dealkylation sites (N-methyl/N-ethyl adjacent to an activating group) is 1. The van der Waals surface area contributed by atoms with Gasteiger partial charge < -0.3 is 10.1 Å². The van der Waals surface area contributed by atoms with E-state index in [-0.39, 0.29) is 0 Å². The SMILES string of the molecule is CCCC(OC)C(NCC)C1CCCCCC1. The minimum Gasteiger partial charge on any atom is -0.380 e. The van der Waals surface area contributed by atoms with Crippen LogP contribution in [0.5, 0.6) is 0 Å². The van der Waals surface area contributed by atoms with Gasteiger partial charge in [0.1, 0.15) is 0 Å². The van der Waals surface area contributed by atoms with Crippen molar-refractivity contribution in [2.24, 2.45) is 5.92 Å².